The summed E-state index contributed by atoms with van der Waals surface area (Å²) in [5.74, 6) is 1.54. The van der Waals surface area contributed by atoms with Crippen molar-refractivity contribution in [2.45, 2.75) is 38.9 Å². The molecule has 218 valence electrons. The number of benzene rings is 2. The Bertz CT molecular complexity index is 1030. The molecule has 0 amide bonds. The fourth-order valence-corrected chi connectivity index (χ4v) is 4.45. The summed E-state index contributed by atoms with van der Waals surface area (Å²) in [6.45, 7) is 6.20. The average Bonchev–Trinajstić information content (AvgIpc) is 2.95. The Labute approximate surface area is 237 Å². The molecule has 0 saturated heterocycles. The van der Waals surface area contributed by atoms with Crippen LogP contribution in [0.3, 0.4) is 0 Å². The van der Waals surface area contributed by atoms with Gasteiger partial charge in [0.05, 0.1) is 63.9 Å². The molecular weight excluding hydrogens is 512 g/mol. The van der Waals surface area contributed by atoms with Crippen LogP contribution in [0.15, 0.2) is 36.4 Å². The Morgan fingerprint density at radius 3 is 1.48 bits per heavy atom. The lowest BCUT2D eigenvalue weighted by Gasteiger charge is -2.22. The number of nitriles is 2. The quantitative estimate of drug-likeness (QED) is 0.149. The van der Waals surface area contributed by atoms with Crippen LogP contribution in [-0.2, 0) is 0 Å². The second-order valence-corrected chi connectivity index (χ2v) is 9.72. The standard InChI is InChI=1S/C30H42N4O6/c1-23-27(7-3-9-29(23)39-17-5-13-33(15-11-31)19-25(37)21-35)28-8-4-10-30(24(28)2)40-18-6-14-34(16-12-32)20-26(38)22-36/h3-4,7-10,25-26,35-38H,5-6,13-22H2,1-2H3. The van der Waals surface area contributed by atoms with Gasteiger partial charge in [-0.25, -0.2) is 0 Å². The van der Waals surface area contributed by atoms with E-state index in [1.54, 1.807) is 9.80 Å². The largest absolute Gasteiger partial charge is 0.493 e. The van der Waals surface area contributed by atoms with Crippen molar-refractivity contribution in [1.82, 2.24) is 9.80 Å². The van der Waals surface area contributed by atoms with Crippen LogP contribution in [0.4, 0.5) is 0 Å². The van der Waals surface area contributed by atoms with Crippen molar-refractivity contribution in [1.29, 1.82) is 10.5 Å². The zero-order chi connectivity index (χ0) is 29.3. The fraction of sp³-hybridized carbons (Fsp3) is 0.533. The molecule has 2 atom stereocenters. The molecular formula is C30H42N4O6. The molecule has 0 bridgehead atoms. The van der Waals surface area contributed by atoms with Crippen molar-refractivity contribution in [2.24, 2.45) is 0 Å². The van der Waals surface area contributed by atoms with Gasteiger partial charge in [-0.05, 0) is 61.1 Å². The molecule has 40 heavy (non-hydrogen) atoms. The van der Waals surface area contributed by atoms with E-state index in [4.69, 9.17) is 30.2 Å². The van der Waals surface area contributed by atoms with Crippen LogP contribution in [0.2, 0.25) is 0 Å². The highest BCUT2D eigenvalue weighted by molar-refractivity contribution is 5.74. The van der Waals surface area contributed by atoms with Gasteiger partial charge in [0.2, 0.25) is 0 Å². The molecule has 0 radical (unpaired) electrons. The second kappa shape index (κ2) is 18.2. The van der Waals surface area contributed by atoms with Crippen molar-refractivity contribution >= 4 is 0 Å². The Morgan fingerprint density at radius 1 is 0.725 bits per heavy atom. The molecule has 2 aromatic carbocycles. The molecule has 0 aromatic heterocycles. The van der Waals surface area contributed by atoms with E-state index in [9.17, 15) is 10.2 Å². The van der Waals surface area contributed by atoms with Gasteiger partial charge in [-0.1, -0.05) is 24.3 Å². The SMILES string of the molecule is Cc1c(OCCCN(CC#N)CC(O)CO)cccc1-c1cccc(OCCCN(CC#N)CC(O)CO)c1C. The van der Waals surface area contributed by atoms with Gasteiger partial charge >= 0.3 is 0 Å². The average molecular weight is 555 g/mol. The monoisotopic (exact) mass is 554 g/mol. The van der Waals surface area contributed by atoms with Crippen LogP contribution in [0.25, 0.3) is 11.1 Å². The molecule has 0 fully saturated rings. The Hall–Kier alpha value is -3.22. The van der Waals surface area contributed by atoms with Gasteiger partial charge in [0.25, 0.3) is 0 Å². The predicted octanol–water partition coefficient (Wildman–Crippen LogP) is 1.87. The molecule has 2 rings (SSSR count). The normalized spacial score (nSPS) is 12.7. The Balaban J connectivity index is 1.99. The van der Waals surface area contributed by atoms with Crippen molar-refractivity contribution in [3.8, 4) is 34.8 Å². The summed E-state index contributed by atoms with van der Waals surface area (Å²) in [6.07, 6.45) is -0.423. The van der Waals surface area contributed by atoms with Gasteiger partial charge in [-0.2, -0.15) is 10.5 Å². The van der Waals surface area contributed by atoms with Gasteiger partial charge in [-0.15, -0.1) is 0 Å². The van der Waals surface area contributed by atoms with E-state index >= 15 is 0 Å². The maximum Gasteiger partial charge on any atom is 0.122 e. The van der Waals surface area contributed by atoms with E-state index in [0.29, 0.717) is 39.1 Å². The first-order chi connectivity index (χ1) is 19.3. The van der Waals surface area contributed by atoms with Gasteiger partial charge < -0.3 is 29.9 Å². The molecule has 2 aromatic rings. The number of hydrogen-bond acceptors (Lipinski definition) is 10. The summed E-state index contributed by atoms with van der Waals surface area (Å²) in [5.41, 5.74) is 4.08. The molecule has 0 spiro atoms. The van der Waals surface area contributed by atoms with Gasteiger partial charge in [0.1, 0.15) is 11.5 Å². The van der Waals surface area contributed by atoms with E-state index in [0.717, 1.165) is 33.8 Å². The van der Waals surface area contributed by atoms with E-state index in [1.807, 2.05) is 50.2 Å². The molecule has 2 unspecified atom stereocenters. The van der Waals surface area contributed by atoms with E-state index < -0.39 is 12.2 Å². The number of rotatable bonds is 19. The first-order valence-electron chi connectivity index (χ1n) is 13.6. The first-order valence-corrected chi connectivity index (χ1v) is 13.6. The highest BCUT2D eigenvalue weighted by atomic mass is 16.5. The van der Waals surface area contributed by atoms with Gasteiger partial charge in [0, 0.05) is 26.2 Å². The van der Waals surface area contributed by atoms with E-state index in [-0.39, 0.29) is 39.4 Å². The second-order valence-electron chi connectivity index (χ2n) is 9.72. The van der Waals surface area contributed by atoms with Crippen LogP contribution in [0, 0.1) is 36.5 Å². The topological polar surface area (TPSA) is 153 Å². The molecule has 0 aliphatic carbocycles. The highest BCUT2D eigenvalue weighted by Gasteiger charge is 2.14. The maximum atomic E-state index is 9.68. The lowest BCUT2D eigenvalue weighted by molar-refractivity contribution is 0.0615. The summed E-state index contributed by atoms with van der Waals surface area (Å²) in [7, 11) is 0. The molecule has 10 nitrogen and oxygen atoms in total. The molecule has 0 saturated carbocycles. The lowest BCUT2D eigenvalue weighted by atomic mass is 9.95. The zero-order valence-electron chi connectivity index (χ0n) is 23.5. The Morgan fingerprint density at radius 2 is 1.12 bits per heavy atom. The number of nitrogens with zero attached hydrogens (tertiary/aromatic N) is 4. The van der Waals surface area contributed by atoms with Crippen molar-refractivity contribution in [3.63, 3.8) is 0 Å². The molecule has 0 aliphatic heterocycles. The van der Waals surface area contributed by atoms with Crippen molar-refractivity contribution < 1.29 is 29.9 Å². The minimum Gasteiger partial charge on any atom is -0.493 e. The fourth-order valence-electron chi connectivity index (χ4n) is 4.45. The summed E-state index contributed by atoms with van der Waals surface area (Å²) in [4.78, 5) is 3.59. The molecule has 4 N–H and O–H groups in total. The predicted molar refractivity (Wildman–Crippen MR) is 152 cm³/mol. The summed E-state index contributed by atoms with van der Waals surface area (Å²) in [5, 5.41) is 55.5. The van der Waals surface area contributed by atoms with E-state index in [1.165, 1.54) is 0 Å². The molecule has 10 heteroatoms. The van der Waals surface area contributed by atoms with Gasteiger partial charge in [-0.3, -0.25) is 9.80 Å². The lowest BCUT2D eigenvalue weighted by Crippen LogP contribution is -2.35. The third-order valence-corrected chi connectivity index (χ3v) is 6.56. The van der Waals surface area contributed by atoms with Gasteiger partial charge in [0.15, 0.2) is 0 Å². The smallest absolute Gasteiger partial charge is 0.122 e. The van der Waals surface area contributed by atoms with Crippen LogP contribution >= 0.6 is 0 Å². The highest BCUT2D eigenvalue weighted by Crippen LogP contribution is 2.35. The molecule has 0 aliphatic rings. The number of hydrogen-bond donors (Lipinski definition) is 4. The van der Waals surface area contributed by atoms with Crippen LogP contribution < -0.4 is 9.47 Å². The van der Waals surface area contributed by atoms with Crippen LogP contribution in [0.5, 0.6) is 11.5 Å². The first kappa shape index (κ1) is 33.0. The molecule has 0 heterocycles. The Kier molecular flexibility index (Phi) is 15.0. The zero-order valence-corrected chi connectivity index (χ0v) is 23.5. The van der Waals surface area contributed by atoms with Crippen LogP contribution in [-0.4, -0.2) is 108 Å². The van der Waals surface area contributed by atoms with Crippen LogP contribution in [0.1, 0.15) is 24.0 Å². The van der Waals surface area contributed by atoms with Crippen molar-refractivity contribution in [3.05, 3.63) is 47.5 Å². The van der Waals surface area contributed by atoms with E-state index in [2.05, 4.69) is 12.1 Å². The van der Waals surface area contributed by atoms with Crippen molar-refractivity contribution in [2.75, 3.05) is 65.7 Å². The number of aliphatic hydroxyl groups excluding tert-OH is 4. The summed E-state index contributed by atoms with van der Waals surface area (Å²) in [6, 6.07) is 16.0. The minimum atomic E-state index is -0.875. The summed E-state index contributed by atoms with van der Waals surface area (Å²) >= 11 is 0. The number of ether oxygens (including phenoxy) is 2. The summed E-state index contributed by atoms with van der Waals surface area (Å²) < 4.78 is 12.1. The third kappa shape index (κ3) is 10.7. The number of aliphatic hydroxyl groups is 4. The third-order valence-electron chi connectivity index (χ3n) is 6.56. The maximum absolute atomic E-state index is 9.68. The minimum absolute atomic E-state index is 0.175.